The number of phenols is 1. The molecule has 0 aromatic heterocycles. The lowest BCUT2D eigenvalue weighted by molar-refractivity contribution is -0.467. The minimum absolute atomic E-state index is 0.0264. The number of aromatic hydroxyl groups is 1. The number of rotatable bonds is 8. The van der Waals surface area contributed by atoms with E-state index in [1.54, 1.807) is 12.1 Å². The van der Waals surface area contributed by atoms with E-state index in [9.17, 15) is 10.2 Å². The van der Waals surface area contributed by atoms with Gasteiger partial charge in [-0.3, -0.25) is 4.90 Å². The zero-order chi connectivity index (χ0) is 16.7. The molecule has 0 saturated carbocycles. The lowest BCUT2D eigenvalue weighted by Crippen LogP contribution is -2.73. The highest BCUT2D eigenvalue weighted by molar-refractivity contribution is 6.31. The van der Waals surface area contributed by atoms with Crippen molar-refractivity contribution >= 4 is 17.5 Å². The van der Waals surface area contributed by atoms with Crippen molar-refractivity contribution in [1.82, 2.24) is 4.90 Å². The van der Waals surface area contributed by atoms with E-state index in [0.717, 1.165) is 25.1 Å². The first-order valence-electron chi connectivity index (χ1n) is 7.92. The van der Waals surface area contributed by atoms with Crippen LogP contribution in [-0.4, -0.2) is 40.6 Å². The number of benzene rings is 1. The molecule has 0 spiro atoms. The number of halogens is 1. The predicted octanol–water partition coefficient (Wildman–Crippen LogP) is 2.32. The largest absolute Gasteiger partial charge is 0.507 e. The van der Waals surface area contributed by atoms with Gasteiger partial charge >= 0.3 is 5.90 Å². The second-order valence-corrected chi connectivity index (χ2v) is 6.32. The Morgan fingerprint density at radius 1 is 1.27 bits per heavy atom. The number of phenolic OH excluding ortho intramolecular Hbond substituents is 1. The molecule has 0 bridgehead atoms. The van der Waals surface area contributed by atoms with Gasteiger partial charge in [-0.15, -0.1) is 0 Å². The molecule has 124 valence electrons. The molecule has 1 aromatic carbocycles. The van der Waals surface area contributed by atoms with Gasteiger partial charge in [0.05, 0.1) is 0 Å². The monoisotopic (exact) mass is 327 g/mol. The molecular formula is C17H28ClN2O2+. The molecule has 1 aromatic rings. The Morgan fingerprint density at radius 3 is 2.45 bits per heavy atom. The lowest BCUT2D eigenvalue weighted by Gasteiger charge is -2.19. The third kappa shape index (κ3) is 5.50. The highest BCUT2D eigenvalue weighted by Gasteiger charge is 2.19. The van der Waals surface area contributed by atoms with E-state index in [-0.39, 0.29) is 11.6 Å². The summed E-state index contributed by atoms with van der Waals surface area (Å²) in [5.41, 5.74) is 1.09. The third-order valence-electron chi connectivity index (χ3n) is 3.71. The molecule has 0 radical (unpaired) electrons. The van der Waals surface area contributed by atoms with Crippen LogP contribution in [-0.2, 0) is 6.54 Å². The standard InChI is InChI=1S/C17H27ClN2O2/c1-5-20(6-2)11-13-9-14(18)10-15(16(13)21)17(22)19-8-7-12(3)4/h9-10,12,21H,5-8,11H2,1-4H3,(H,19,22)/p+1. The van der Waals surface area contributed by atoms with E-state index < -0.39 is 0 Å². The fourth-order valence-electron chi connectivity index (χ4n) is 2.22. The van der Waals surface area contributed by atoms with E-state index in [2.05, 4.69) is 37.6 Å². The van der Waals surface area contributed by atoms with Crippen LogP contribution in [0.4, 0.5) is 0 Å². The van der Waals surface area contributed by atoms with Crippen LogP contribution >= 0.6 is 11.6 Å². The highest BCUT2D eigenvalue weighted by atomic mass is 35.5. The molecule has 4 nitrogen and oxygen atoms in total. The van der Waals surface area contributed by atoms with Crippen LogP contribution in [0.5, 0.6) is 5.75 Å². The van der Waals surface area contributed by atoms with Crippen molar-refractivity contribution in [3.05, 3.63) is 28.3 Å². The lowest BCUT2D eigenvalue weighted by atomic mass is 10.1. The predicted molar refractivity (Wildman–Crippen MR) is 91.8 cm³/mol. The molecule has 0 heterocycles. The Kier molecular flexibility index (Phi) is 7.69. The van der Waals surface area contributed by atoms with Crippen molar-refractivity contribution in [2.24, 2.45) is 5.92 Å². The fourth-order valence-corrected chi connectivity index (χ4v) is 2.46. The van der Waals surface area contributed by atoms with Gasteiger partial charge < -0.3 is 10.2 Å². The maximum absolute atomic E-state index is 10.4. The number of nitrogens with zero attached hydrogens (tertiary/aromatic N) is 1. The summed E-state index contributed by atoms with van der Waals surface area (Å²) in [4.78, 5) is 5.13. The second kappa shape index (κ2) is 9.01. The van der Waals surface area contributed by atoms with Gasteiger partial charge in [0.25, 0.3) is 0 Å². The summed E-state index contributed by atoms with van der Waals surface area (Å²) in [5, 5.41) is 21.1. The Hall–Kier alpha value is -1.26. The average Bonchev–Trinajstić information content (AvgIpc) is 2.47. The highest BCUT2D eigenvalue weighted by Crippen LogP contribution is 2.27. The SMILES string of the molecule is CCN(CC)Cc1cc(Cl)cc(C(O)=[NH+]CCC(C)C)c1O. The number of nitrogens with one attached hydrogen (secondary N) is 1. The first-order valence-corrected chi connectivity index (χ1v) is 8.30. The molecule has 0 aliphatic heterocycles. The molecular weight excluding hydrogens is 300 g/mol. The van der Waals surface area contributed by atoms with Gasteiger partial charge in [0.1, 0.15) is 17.9 Å². The fraction of sp³-hybridized carbons (Fsp3) is 0.588. The van der Waals surface area contributed by atoms with Gasteiger partial charge in [-0.2, -0.15) is 0 Å². The van der Waals surface area contributed by atoms with Gasteiger partial charge in [0, 0.05) is 23.6 Å². The zero-order valence-corrected chi connectivity index (χ0v) is 14.7. The molecule has 0 aliphatic carbocycles. The summed E-state index contributed by atoms with van der Waals surface area (Å²) in [5.74, 6) is 0.610. The number of aliphatic hydroxyl groups excluding tert-OH is 1. The van der Waals surface area contributed by atoms with Gasteiger partial charge in [0.2, 0.25) is 0 Å². The molecule has 0 atom stereocenters. The molecule has 1 rings (SSSR count). The van der Waals surface area contributed by atoms with E-state index in [1.807, 2.05) is 0 Å². The third-order valence-corrected chi connectivity index (χ3v) is 3.93. The molecule has 0 unspecified atom stereocenters. The first-order chi connectivity index (χ1) is 10.4. The smallest absolute Gasteiger partial charge is 0.369 e. The summed E-state index contributed by atoms with van der Waals surface area (Å²) in [6.07, 6.45) is 0.942. The van der Waals surface area contributed by atoms with E-state index in [4.69, 9.17) is 11.6 Å². The summed E-state index contributed by atoms with van der Waals surface area (Å²) >= 11 is 6.14. The minimum atomic E-state index is -0.0264. The van der Waals surface area contributed by atoms with Gasteiger partial charge in [-0.25, -0.2) is 4.99 Å². The maximum atomic E-state index is 10.4. The normalized spacial score (nSPS) is 12.4. The Labute approximate surface area is 138 Å². The molecule has 0 fully saturated rings. The van der Waals surface area contributed by atoms with Gasteiger partial charge in [0.15, 0.2) is 0 Å². The Bertz CT molecular complexity index is 512. The molecule has 3 N–H and O–H groups in total. The van der Waals surface area contributed by atoms with Crippen molar-refractivity contribution in [2.75, 3.05) is 19.6 Å². The van der Waals surface area contributed by atoms with Crippen LogP contribution in [0.15, 0.2) is 12.1 Å². The van der Waals surface area contributed by atoms with Gasteiger partial charge in [-0.1, -0.05) is 39.3 Å². The van der Waals surface area contributed by atoms with Crippen molar-refractivity contribution in [2.45, 2.75) is 40.7 Å². The quantitative estimate of drug-likeness (QED) is 0.507. The summed E-state index contributed by atoms with van der Waals surface area (Å²) in [7, 11) is 0. The van der Waals surface area contributed by atoms with E-state index in [0.29, 0.717) is 29.6 Å². The van der Waals surface area contributed by atoms with Crippen LogP contribution < -0.4 is 4.99 Å². The number of hydrogen-bond donors (Lipinski definition) is 3. The van der Waals surface area contributed by atoms with Gasteiger partial charge in [-0.05, 0) is 31.1 Å². The van der Waals surface area contributed by atoms with Crippen LogP contribution in [0.25, 0.3) is 0 Å². The Morgan fingerprint density at radius 2 is 1.91 bits per heavy atom. The number of hydrogen-bond acceptors (Lipinski definition) is 2. The van der Waals surface area contributed by atoms with Crippen molar-refractivity contribution in [1.29, 1.82) is 0 Å². The maximum Gasteiger partial charge on any atom is 0.369 e. The average molecular weight is 328 g/mol. The van der Waals surface area contributed by atoms with Crippen molar-refractivity contribution in [3.8, 4) is 5.75 Å². The van der Waals surface area contributed by atoms with E-state index >= 15 is 0 Å². The summed E-state index contributed by atoms with van der Waals surface area (Å²) in [6, 6.07) is 3.33. The van der Waals surface area contributed by atoms with Crippen molar-refractivity contribution < 1.29 is 15.2 Å². The first kappa shape index (κ1) is 18.8. The van der Waals surface area contributed by atoms with Crippen LogP contribution in [0.2, 0.25) is 5.02 Å². The summed E-state index contributed by atoms with van der Waals surface area (Å²) < 4.78 is 0. The minimum Gasteiger partial charge on any atom is -0.507 e. The van der Waals surface area contributed by atoms with E-state index in [1.165, 1.54) is 0 Å². The molecule has 5 heteroatoms. The summed E-state index contributed by atoms with van der Waals surface area (Å²) in [6.45, 7) is 11.4. The molecule has 0 aliphatic rings. The molecule has 0 saturated heterocycles. The second-order valence-electron chi connectivity index (χ2n) is 5.88. The van der Waals surface area contributed by atoms with Crippen LogP contribution in [0.1, 0.15) is 45.2 Å². The zero-order valence-electron chi connectivity index (χ0n) is 14.0. The molecule has 22 heavy (non-hydrogen) atoms. The van der Waals surface area contributed by atoms with Crippen LogP contribution in [0.3, 0.4) is 0 Å². The number of aliphatic hydroxyl groups is 1. The van der Waals surface area contributed by atoms with Crippen LogP contribution in [0, 0.1) is 5.92 Å². The Balaban J connectivity index is 3.02. The van der Waals surface area contributed by atoms with Crippen molar-refractivity contribution in [3.63, 3.8) is 0 Å². The topological polar surface area (TPSA) is 57.7 Å². The molecule has 0 amide bonds.